The number of rotatable bonds is 5. The molecular formula is C10H23N3O2S. The standard InChI is InChI=1S/C10H23N3O2S/c1-10(6-7-11)12-16(14,15)13-8-4-2-3-5-9-13/h10,12H,2-9,11H2,1H3. The van der Waals surface area contributed by atoms with Gasteiger partial charge in [-0.15, -0.1) is 0 Å². The fourth-order valence-corrected chi connectivity index (χ4v) is 3.43. The van der Waals surface area contributed by atoms with Crippen LogP contribution in [0.1, 0.15) is 39.0 Å². The van der Waals surface area contributed by atoms with Gasteiger partial charge in [0.15, 0.2) is 0 Å². The summed E-state index contributed by atoms with van der Waals surface area (Å²) in [7, 11) is -3.30. The van der Waals surface area contributed by atoms with Crippen LogP contribution < -0.4 is 10.5 Å². The zero-order valence-electron chi connectivity index (χ0n) is 9.98. The van der Waals surface area contributed by atoms with Crippen molar-refractivity contribution in [3.05, 3.63) is 0 Å². The summed E-state index contributed by atoms with van der Waals surface area (Å²) in [6.45, 7) is 3.64. The predicted octanol–water partition coefficient (Wildman–Crippen LogP) is 0.434. The van der Waals surface area contributed by atoms with Crippen LogP contribution in [0.2, 0.25) is 0 Å². The highest BCUT2D eigenvalue weighted by Gasteiger charge is 2.23. The van der Waals surface area contributed by atoms with E-state index in [0.717, 1.165) is 25.7 Å². The molecule has 1 unspecified atom stereocenters. The molecule has 0 saturated carbocycles. The molecule has 1 atom stereocenters. The predicted molar refractivity (Wildman–Crippen MR) is 65.2 cm³/mol. The Labute approximate surface area is 98.6 Å². The second kappa shape index (κ2) is 6.54. The molecule has 3 N–H and O–H groups in total. The van der Waals surface area contributed by atoms with Crippen molar-refractivity contribution in [2.45, 2.75) is 45.1 Å². The molecule has 6 heteroatoms. The quantitative estimate of drug-likeness (QED) is 0.742. The van der Waals surface area contributed by atoms with Gasteiger partial charge < -0.3 is 5.73 Å². The average Bonchev–Trinajstić information content (AvgIpc) is 2.45. The van der Waals surface area contributed by atoms with E-state index in [9.17, 15) is 8.42 Å². The highest BCUT2D eigenvalue weighted by atomic mass is 32.2. The summed E-state index contributed by atoms with van der Waals surface area (Å²) in [5.74, 6) is 0. The minimum Gasteiger partial charge on any atom is -0.330 e. The van der Waals surface area contributed by atoms with Gasteiger partial charge in [-0.1, -0.05) is 12.8 Å². The van der Waals surface area contributed by atoms with Crippen LogP contribution in [0.25, 0.3) is 0 Å². The third-order valence-electron chi connectivity index (χ3n) is 2.85. The number of hydrogen-bond donors (Lipinski definition) is 2. The van der Waals surface area contributed by atoms with Gasteiger partial charge in [-0.2, -0.15) is 17.4 Å². The molecule has 1 heterocycles. The van der Waals surface area contributed by atoms with E-state index in [1.807, 2.05) is 6.92 Å². The summed E-state index contributed by atoms with van der Waals surface area (Å²) in [5, 5.41) is 0. The molecule has 0 amide bonds. The summed E-state index contributed by atoms with van der Waals surface area (Å²) >= 11 is 0. The molecule has 5 nitrogen and oxygen atoms in total. The Kier molecular flexibility index (Phi) is 5.68. The van der Waals surface area contributed by atoms with E-state index in [-0.39, 0.29) is 6.04 Å². The molecule has 16 heavy (non-hydrogen) atoms. The van der Waals surface area contributed by atoms with Crippen LogP contribution >= 0.6 is 0 Å². The molecule has 0 spiro atoms. The SMILES string of the molecule is CC(CCN)NS(=O)(=O)N1CCCCCC1. The minimum absolute atomic E-state index is 0.0850. The lowest BCUT2D eigenvalue weighted by Crippen LogP contribution is -2.45. The van der Waals surface area contributed by atoms with E-state index < -0.39 is 10.2 Å². The zero-order valence-corrected chi connectivity index (χ0v) is 10.8. The molecule has 1 aliphatic rings. The van der Waals surface area contributed by atoms with Crippen molar-refractivity contribution in [2.24, 2.45) is 5.73 Å². The van der Waals surface area contributed by atoms with Crippen LogP contribution in [0.5, 0.6) is 0 Å². The number of nitrogens with one attached hydrogen (secondary N) is 1. The number of hydrogen-bond acceptors (Lipinski definition) is 3. The Bertz CT molecular complexity index is 284. The van der Waals surface area contributed by atoms with Crippen molar-refractivity contribution in [3.63, 3.8) is 0 Å². The van der Waals surface area contributed by atoms with E-state index in [4.69, 9.17) is 5.73 Å². The lowest BCUT2D eigenvalue weighted by molar-refractivity contribution is 0.407. The third kappa shape index (κ3) is 4.37. The zero-order chi connectivity index (χ0) is 12.0. The molecule has 0 radical (unpaired) electrons. The van der Waals surface area contributed by atoms with Crippen LogP contribution in [-0.4, -0.2) is 38.4 Å². The first-order valence-electron chi connectivity index (χ1n) is 6.04. The third-order valence-corrected chi connectivity index (χ3v) is 4.60. The van der Waals surface area contributed by atoms with Crippen molar-refractivity contribution in [1.82, 2.24) is 9.03 Å². The largest absolute Gasteiger partial charge is 0.330 e. The van der Waals surface area contributed by atoms with Gasteiger partial charge in [0.05, 0.1) is 0 Å². The van der Waals surface area contributed by atoms with Gasteiger partial charge in [0.1, 0.15) is 0 Å². The highest BCUT2D eigenvalue weighted by molar-refractivity contribution is 7.87. The first-order valence-corrected chi connectivity index (χ1v) is 7.48. The molecular weight excluding hydrogens is 226 g/mol. The normalized spacial score (nSPS) is 21.6. The van der Waals surface area contributed by atoms with Crippen LogP contribution in [0, 0.1) is 0 Å². The molecule has 1 aliphatic heterocycles. The Morgan fingerprint density at radius 3 is 2.31 bits per heavy atom. The first kappa shape index (κ1) is 13.9. The van der Waals surface area contributed by atoms with Gasteiger partial charge in [-0.05, 0) is 32.7 Å². The van der Waals surface area contributed by atoms with Crippen molar-refractivity contribution in [1.29, 1.82) is 0 Å². The van der Waals surface area contributed by atoms with Crippen molar-refractivity contribution < 1.29 is 8.42 Å². The molecule has 0 aromatic rings. The van der Waals surface area contributed by atoms with E-state index in [2.05, 4.69) is 4.72 Å². The highest BCUT2D eigenvalue weighted by Crippen LogP contribution is 2.12. The van der Waals surface area contributed by atoms with Crippen molar-refractivity contribution in [3.8, 4) is 0 Å². The summed E-state index contributed by atoms with van der Waals surface area (Å²) in [5.41, 5.74) is 5.40. The monoisotopic (exact) mass is 249 g/mol. The van der Waals surface area contributed by atoms with Gasteiger partial charge in [-0.3, -0.25) is 0 Å². The molecule has 1 rings (SSSR count). The lowest BCUT2D eigenvalue weighted by atomic mass is 10.2. The summed E-state index contributed by atoms with van der Waals surface area (Å²) < 4.78 is 28.2. The summed E-state index contributed by atoms with van der Waals surface area (Å²) in [4.78, 5) is 0. The number of nitrogens with two attached hydrogens (primary N) is 1. The smallest absolute Gasteiger partial charge is 0.279 e. The fourth-order valence-electron chi connectivity index (χ4n) is 1.92. The van der Waals surface area contributed by atoms with E-state index in [1.165, 1.54) is 0 Å². The van der Waals surface area contributed by atoms with Crippen molar-refractivity contribution >= 4 is 10.2 Å². The van der Waals surface area contributed by atoms with E-state index in [0.29, 0.717) is 26.1 Å². The Hall–Kier alpha value is -0.170. The topological polar surface area (TPSA) is 75.4 Å². The second-order valence-electron chi connectivity index (χ2n) is 4.41. The van der Waals surface area contributed by atoms with E-state index in [1.54, 1.807) is 4.31 Å². The van der Waals surface area contributed by atoms with E-state index >= 15 is 0 Å². The Morgan fingerprint density at radius 2 is 1.81 bits per heavy atom. The molecule has 0 aromatic carbocycles. The van der Waals surface area contributed by atoms with Gasteiger partial charge in [0.25, 0.3) is 10.2 Å². The molecule has 96 valence electrons. The fraction of sp³-hybridized carbons (Fsp3) is 1.00. The maximum Gasteiger partial charge on any atom is 0.279 e. The maximum absolute atomic E-state index is 12.0. The molecule has 0 aliphatic carbocycles. The Morgan fingerprint density at radius 1 is 1.25 bits per heavy atom. The molecule has 1 fully saturated rings. The van der Waals surface area contributed by atoms with Gasteiger partial charge in [0, 0.05) is 19.1 Å². The van der Waals surface area contributed by atoms with Crippen LogP contribution in [0.15, 0.2) is 0 Å². The average molecular weight is 249 g/mol. The van der Waals surface area contributed by atoms with Crippen LogP contribution in [0.4, 0.5) is 0 Å². The van der Waals surface area contributed by atoms with Gasteiger partial charge in [0.2, 0.25) is 0 Å². The van der Waals surface area contributed by atoms with Crippen LogP contribution in [-0.2, 0) is 10.2 Å². The molecule has 0 bridgehead atoms. The maximum atomic E-state index is 12.0. The van der Waals surface area contributed by atoms with Crippen LogP contribution in [0.3, 0.4) is 0 Å². The molecule has 1 saturated heterocycles. The summed E-state index contributed by atoms with van der Waals surface area (Å²) in [6, 6.07) is -0.0850. The first-order chi connectivity index (χ1) is 7.56. The summed E-state index contributed by atoms with van der Waals surface area (Å²) in [6.07, 6.45) is 4.86. The number of nitrogens with zero attached hydrogens (tertiary/aromatic N) is 1. The Balaban J connectivity index is 2.54. The minimum atomic E-state index is -3.30. The van der Waals surface area contributed by atoms with Gasteiger partial charge in [-0.25, -0.2) is 0 Å². The van der Waals surface area contributed by atoms with Gasteiger partial charge >= 0.3 is 0 Å². The lowest BCUT2D eigenvalue weighted by Gasteiger charge is -2.22. The van der Waals surface area contributed by atoms with Crippen molar-refractivity contribution in [2.75, 3.05) is 19.6 Å². The second-order valence-corrected chi connectivity index (χ2v) is 6.12. The molecule has 0 aromatic heterocycles.